The van der Waals surface area contributed by atoms with Gasteiger partial charge in [-0.1, -0.05) is 0 Å². The zero-order valence-electron chi connectivity index (χ0n) is 9.02. The topological polar surface area (TPSA) is 41.9 Å². The Bertz CT molecular complexity index is 240. The second-order valence-corrected chi connectivity index (χ2v) is 4.89. The standard InChI is InChI=1S/C11H19NO3/c13-10-3-1-2-9(10)12-5-4-11(8-12)14-6-7-15-11/h9-10,13H,1-8H2/t9-,10-/m0/s1. The summed E-state index contributed by atoms with van der Waals surface area (Å²) in [4.78, 5) is 2.35. The molecule has 0 aromatic carbocycles. The van der Waals surface area contributed by atoms with Gasteiger partial charge in [0.2, 0.25) is 0 Å². The Balaban J connectivity index is 1.65. The van der Waals surface area contributed by atoms with Crippen LogP contribution in [0.4, 0.5) is 0 Å². The first-order chi connectivity index (χ1) is 7.29. The molecule has 0 bridgehead atoms. The van der Waals surface area contributed by atoms with Crippen molar-refractivity contribution >= 4 is 0 Å². The van der Waals surface area contributed by atoms with Crippen molar-refractivity contribution in [1.29, 1.82) is 0 Å². The van der Waals surface area contributed by atoms with Crippen molar-refractivity contribution < 1.29 is 14.6 Å². The van der Waals surface area contributed by atoms with Crippen LogP contribution in [0.1, 0.15) is 25.7 Å². The molecule has 0 aromatic heterocycles. The molecular weight excluding hydrogens is 194 g/mol. The lowest BCUT2D eigenvalue weighted by Crippen LogP contribution is -2.42. The maximum absolute atomic E-state index is 9.86. The number of nitrogens with zero attached hydrogens (tertiary/aromatic N) is 1. The van der Waals surface area contributed by atoms with Crippen molar-refractivity contribution in [2.24, 2.45) is 0 Å². The van der Waals surface area contributed by atoms with Crippen molar-refractivity contribution in [3.8, 4) is 0 Å². The molecular formula is C11H19NO3. The highest BCUT2D eigenvalue weighted by Gasteiger charge is 2.46. The molecule has 3 fully saturated rings. The van der Waals surface area contributed by atoms with Gasteiger partial charge in [-0.25, -0.2) is 0 Å². The van der Waals surface area contributed by atoms with Gasteiger partial charge < -0.3 is 14.6 Å². The lowest BCUT2D eigenvalue weighted by atomic mass is 10.2. The fourth-order valence-electron chi connectivity index (χ4n) is 3.14. The summed E-state index contributed by atoms with van der Waals surface area (Å²) in [7, 11) is 0. The van der Waals surface area contributed by atoms with Crippen LogP contribution < -0.4 is 0 Å². The average Bonchev–Trinajstić information content (AvgIpc) is 2.90. The van der Waals surface area contributed by atoms with Gasteiger partial charge in [0, 0.05) is 19.0 Å². The van der Waals surface area contributed by atoms with Gasteiger partial charge >= 0.3 is 0 Å². The van der Waals surface area contributed by atoms with Gasteiger partial charge in [0.05, 0.1) is 25.9 Å². The van der Waals surface area contributed by atoms with E-state index in [1.165, 1.54) is 0 Å². The second kappa shape index (κ2) is 3.70. The second-order valence-electron chi connectivity index (χ2n) is 4.89. The smallest absolute Gasteiger partial charge is 0.182 e. The van der Waals surface area contributed by atoms with Crippen LogP contribution in [-0.4, -0.2) is 54.2 Å². The normalized spacial score (nSPS) is 40.6. The molecule has 3 aliphatic rings. The molecule has 0 unspecified atom stereocenters. The van der Waals surface area contributed by atoms with E-state index in [2.05, 4.69) is 4.90 Å². The van der Waals surface area contributed by atoms with E-state index < -0.39 is 0 Å². The summed E-state index contributed by atoms with van der Waals surface area (Å²) in [6, 6.07) is 0.345. The predicted molar refractivity (Wildman–Crippen MR) is 54.5 cm³/mol. The molecule has 1 spiro atoms. The summed E-state index contributed by atoms with van der Waals surface area (Å²) in [5.74, 6) is -0.331. The van der Waals surface area contributed by atoms with E-state index in [0.717, 1.165) is 52.0 Å². The van der Waals surface area contributed by atoms with Crippen LogP contribution in [0, 0.1) is 0 Å². The summed E-state index contributed by atoms with van der Waals surface area (Å²) >= 11 is 0. The number of rotatable bonds is 1. The van der Waals surface area contributed by atoms with Crippen molar-refractivity contribution in [3.63, 3.8) is 0 Å². The summed E-state index contributed by atoms with van der Waals surface area (Å²) in [6.45, 7) is 3.29. The summed E-state index contributed by atoms with van der Waals surface area (Å²) in [6.07, 6.45) is 4.04. The minimum atomic E-state index is -0.331. The molecule has 15 heavy (non-hydrogen) atoms. The van der Waals surface area contributed by atoms with Crippen LogP contribution in [-0.2, 0) is 9.47 Å². The van der Waals surface area contributed by atoms with E-state index >= 15 is 0 Å². The number of aliphatic hydroxyl groups is 1. The first-order valence-corrected chi connectivity index (χ1v) is 5.99. The van der Waals surface area contributed by atoms with Gasteiger partial charge in [-0.3, -0.25) is 4.90 Å². The van der Waals surface area contributed by atoms with E-state index in [1.54, 1.807) is 0 Å². The third-order valence-corrected chi connectivity index (χ3v) is 3.95. The summed E-state index contributed by atoms with van der Waals surface area (Å²) in [5, 5.41) is 9.86. The Kier molecular flexibility index (Phi) is 2.47. The van der Waals surface area contributed by atoms with Crippen LogP contribution in [0.5, 0.6) is 0 Å². The molecule has 4 nitrogen and oxygen atoms in total. The lowest BCUT2D eigenvalue weighted by Gasteiger charge is -2.28. The van der Waals surface area contributed by atoms with Crippen LogP contribution in [0.3, 0.4) is 0 Å². The van der Waals surface area contributed by atoms with Gasteiger partial charge in [-0.05, 0) is 19.3 Å². The summed E-state index contributed by atoms with van der Waals surface area (Å²) < 4.78 is 11.4. The van der Waals surface area contributed by atoms with E-state index in [0.29, 0.717) is 6.04 Å². The monoisotopic (exact) mass is 213 g/mol. The third kappa shape index (κ3) is 1.69. The van der Waals surface area contributed by atoms with E-state index in [4.69, 9.17) is 9.47 Å². The maximum atomic E-state index is 9.86. The first kappa shape index (κ1) is 10.0. The van der Waals surface area contributed by atoms with Gasteiger partial charge in [0.25, 0.3) is 0 Å². The molecule has 4 heteroatoms. The minimum absolute atomic E-state index is 0.137. The molecule has 2 saturated heterocycles. The van der Waals surface area contributed by atoms with Crippen molar-refractivity contribution in [2.45, 2.75) is 43.6 Å². The van der Waals surface area contributed by atoms with Crippen LogP contribution in [0.15, 0.2) is 0 Å². The maximum Gasteiger partial charge on any atom is 0.182 e. The molecule has 86 valence electrons. The molecule has 0 radical (unpaired) electrons. The number of ether oxygens (including phenoxy) is 2. The van der Waals surface area contributed by atoms with Crippen molar-refractivity contribution in [1.82, 2.24) is 4.90 Å². The van der Waals surface area contributed by atoms with E-state index in [1.807, 2.05) is 0 Å². The van der Waals surface area contributed by atoms with Crippen molar-refractivity contribution in [3.05, 3.63) is 0 Å². The van der Waals surface area contributed by atoms with Crippen molar-refractivity contribution in [2.75, 3.05) is 26.3 Å². The SMILES string of the molecule is O[C@H]1CCC[C@@H]1N1CCC2(C1)OCCO2. The molecule has 3 rings (SSSR count). The highest BCUT2D eigenvalue weighted by atomic mass is 16.7. The third-order valence-electron chi connectivity index (χ3n) is 3.95. The fraction of sp³-hybridized carbons (Fsp3) is 1.00. The van der Waals surface area contributed by atoms with Gasteiger partial charge in [-0.15, -0.1) is 0 Å². The highest BCUT2D eigenvalue weighted by molar-refractivity contribution is 4.94. The molecule has 1 N–H and O–H groups in total. The molecule has 1 aliphatic carbocycles. The fourth-order valence-corrected chi connectivity index (χ4v) is 3.14. The lowest BCUT2D eigenvalue weighted by molar-refractivity contribution is -0.147. The Labute approximate surface area is 90.2 Å². The average molecular weight is 213 g/mol. The quantitative estimate of drug-likeness (QED) is 0.682. The van der Waals surface area contributed by atoms with Crippen LogP contribution in [0.25, 0.3) is 0 Å². The van der Waals surface area contributed by atoms with Gasteiger partial charge in [0.1, 0.15) is 0 Å². The molecule has 1 saturated carbocycles. The molecule has 0 amide bonds. The molecule has 2 heterocycles. The molecule has 2 atom stereocenters. The Morgan fingerprint density at radius 1 is 1.20 bits per heavy atom. The van der Waals surface area contributed by atoms with E-state index in [-0.39, 0.29) is 11.9 Å². The minimum Gasteiger partial charge on any atom is -0.391 e. The summed E-state index contributed by atoms with van der Waals surface area (Å²) in [5.41, 5.74) is 0. The molecule has 0 aromatic rings. The zero-order chi connectivity index (χ0) is 10.3. The van der Waals surface area contributed by atoms with Crippen LogP contribution in [0.2, 0.25) is 0 Å². The number of likely N-dealkylation sites (tertiary alicyclic amines) is 1. The Morgan fingerprint density at radius 2 is 2.00 bits per heavy atom. The number of aliphatic hydroxyl groups excluding tert-OH is 1. The Morgan fingerprint density at radius 3 is 2.67 bits per heavy atom. The Hall–Kier alpha value is -0.160. The van der Waals surface area contributed by atoms with Gasteiger partial charge in [-0.2, -0.15) is 0 Å². The predicted octanol–water partition coefficient (Wildman–Crippen LogP) is 0.349. The first-order valence-electron chi connectivity index (χ1n) is 5.99. The number of hydrogen-bond acceptors (Lipinski definition) is 4. The van der Waals surface area contributed by atoms with Crippen LogP contribution >= 0.6 is 0 Å². The van der Waals surface area contributed by atoms with E-state index in [9.17, 15) is 5.11 Å². The largest absolute Gasteiger partial charge is 0.391 e. The number of hydrogen-bond donors (Lipinski definition) is 1. The van der Waals surface area contributed by atoms with Gasteiger partial charge in [0.15, 0.2) is 5.79 Å². The molecule has 2 aliphatic heterocycles. The highest BCUT2D eigenvalue weighted by Crippen LogP contribution is 2.35. The zero-order valence-corrected chi connectivity index (χ0v) is 9.02.